The average Bonchev–Trinajstić information content (AvgIpc) is 2.21. The molecule has 0 saturated heterocycles. The molecular formula is C12H17Cl2NO2. The molecule has 5 heteroatoms. The summed E-state index contributed by atoms with van der Waals surface area (Å²) in [5.41, 5.74) is 6.71. The number of benzene rings is 1. The molecule has 1 rings (SSSR count). The molecule has 0 aromatic heterocycles. The van der Waals surface area contributed by atoms with Crippen LogP contribution in [0.25, 0.3) is 0 Å². The van der Waals surface area contributed by atoms with Crippen LogP contribution in [0.4, 0.5) is 0 Å². The molecule has 0 aliphatic heterocycles. The molecule has 0 fully saturated rings. The lowest BCUT2D eigenvalue weighted by molar-refractivity contribution is 0.146. The zero-order chi connectivity index (χ0) is 12.8. The van der Waals surface area contributed by atoms with Gasteiger partial charge in [-0.15, -0.1) is 0 Å². The number of halogens is 2. The minimum Gasteiger partial charge on any atom is -0.489 e. The van der Waals surface area contributed by atoms with E-state index in [1.807, 2.05) is 13.0 Å². The predicted octanol–water partition coefficient (Wildman–Crippen LogP) is 2.91. The summed E-state index contributed by atoms with van der Waals surface area (Å²) in [6, 6.07) is 3.52. The maximum atomic E-state index is 6.11. The fourth-order valence-electron chi connectivity index (χ4n) is 1.50. The van der Waals surface area contributed by atoms with Crippen molar-refractivity contribution in [1.29, 1.82) is 0 Å². The summed E-state index contributed by atoms with van der Waals surface area (Å²) in [5, 5.41) is 1.09. The molecular weight excluding hydrogens is 261 g/mol. The van der Waals surface area contributed by atoms with Crippen LogP contribution >= 0.6 is 23.2 Å². The lowest BCUT2D eigenvalue weighted by atomic mass is 10.1. The maximum Gasteiger partial charge on any atom is 0.141 e. The fraction of sp³-hybridized carbons (Fsp3) is 0.500. The Labute approximate surface area is 112 Å². The summed E-state index contributed by atoms with van der Waals surface area (Å²) < 4.78 is 10.5. The van der Waals surface area contributed by atoms with Crippen molar-refractivity contribution in [3.63, 3.8) is 0 Å². The molecule has 1 atom stereocenters. The Balaban J connectivity index is 2.90. The first-order valence-corrected chi connectivity index (χ1v) is 6.15. The van der Waals surface area contributed by atoms with Gasteiger partial charge < -0.3 is 15.2 Å². The molecule has 0 aliphatic rings. The van der Waals surface area contributed by atoms with E-state index in [2.05, 4.69) is 0 Å². The second-order valence-corrected chi connectivity index (χ2v) is 4.74. The number of hydrogen-bond donors (Lipinski definition) is 1. The van der Waals surface area contributed by atoms with E-state index in [9.17, 15) is 0 Å². The summed E-state index contributed by atoms with van der Waals surface area (Å²) in [5.74, 6) is 0.644. The first-order chi connectivity index (χ1) is 8.04. The Morgan fingerprint density at radius 2 is 2.00 bits per heavy atom. The van der Waals surface area contributed by atoms with Crippen molar-refractivity contribution in [1.82, 2.24) is 0 Å². The predicted molar refractivity (Wildman–Crippen MR) is 71.2 cm³/mol. The Morgan fingerprint density at radius 1 is 1.29 bits per heavy atom. The standard InChI is InChI=1S/C12H17Cl2NO2/c1-8(15)5-9-6-10(13)7-11(14)12(9)17-4-3-16-2/h6-8H,3-5,15H2,1-2H3. The van der Waals surface area contributed by atoms with Crippen LogP contribution in [0.15, 0.2) is 12.1 Å². The number of rotatable bonds is 6. The molecule has 0 radical (unpaired) electrons. The second kappa shape index (κ2) is 7.07. The highest BCUT2D eigenvalue weighted by Crippen LogP contribution is 2.33. The first kappa shape index (κ1) is 14.6. The van der Waals surface area contributed by atoms with E-state index in [1.54, 1.807) is 13.2 Å². The van der Waals surface area contributed by atoms with E-state index in [4.69, 9.17) is 38.4 Å². The summed E-state index contributed by atoms with van der Waals surface area (Å²) in [6.45, 7) is 2.88. The van der Waals surface area contributed by atoms with Crippen molar-refractivity contribution in [3.8, 4) is 5.75 Å². The van der Waals surface area contributed by atoms with E-state index in [-0.39, 0.29) is 6.04 Å². The summed E-state index contributed by atoms with van der Waals surface area (Å²) >= 11 is 12.1. The van der Waals surface area contributed by atoms with Crippen LogP contribution < -0.4 is 10.5 Å². The zero-order valence-electron chi connectivity index (χ0n) is 10.0. The molecule has 0 saturated carbocycles. The molecule has 1 unspecified atom stereocenters. The quantitative estimate of drug-likeness (QED) is 0.814. The summed E-state index contributed by atoms with van der Waals surface area (Å²) in [4.78, 5) is 0. The van der Waals surface area contributed by atoms with Crippen molar-refractivity contribution in [3.05, 3.63) is 27.7 Å². The van der Waals surface area contributed by atoms with Crippen molar-refractivity contribution in [2.24, 2.45) is 5.73 Å². The fourth-order valence-corrected chi connectivity index (χ4v) is 2.09. The van der Waals surface area contributed by atoms with Gasteiger partial charge in [-0.3, -0.25) is 0 Å². The van der Waals surface area contributed by atoms with Crippen LogP contribution in [0, 0.1) is 0 Å². The molecule has 1 aromatic carbocycles. The first-order valence-electron chi connectivity index (χ1n) is 5.39. The van der Waals surface area contributed by atoms with E-state index < -0.39 is 0 Å². The van der Waals surface area contributed by atoms with Gasteiger partial charge in [0.2, 0.25) is 0 Å². The Hall–Kier alpha value is -0.480. The second-order valence-electron chi connectivity index (χ2n) is 3.90. The SMILES string of the molecule is COCCOc1c(Cl)cc(Cl)cc1CC(C)N. The van der Waals surface area contributed by atoms with E-state index in [1.165, 1.54) is 0 Å². The van der Waals surface area contributed by atoms with E-state index in [0.717, 1.165) is 5.56 Å². The number of nitrogens with two attached hydrogens (primary N) is 1. The molecule has 96 valence electrons. The minimum absolute atomic E-state index is 0.0225. The maximum absolute atomic E-state index is 6.11. The molecule has 0 spiro atoms. The largest absolute Gasteiger partial charge is 0.489 e. The third-order valence-electron chi connectivity index (χ3n) is 2.16. The molecule has 0 bridgehead atoms. The average molecular weight is 278 g/mol. The lowest BCUT2D eigenvalue weighted by Gasteiger charge is -2.15. The van der Waals surface area contributed by atoms with Gasteiger partial charge in [0.15, 0.2) is 0 Å². The number of methoxy groups -OCH3 is 1. The van der Waals surface area contributed by atoms with Crippen molar-refractivity contribution >= 4 is 23.2 Å². The van der Waals surface area contributed by atoms with Gasteiger partial charge in [0, 0.05) is 18.2 Å². The number of hydrogen-bond acceptors (Lipinski definition) is 3. The van der Waals surface area contributed by atoms with Gasteiger partial charge in [-0.05, 0) is 31.0 Å². The van der Waals surface area contributed by atoms with Gasteiger partial charge in [0.25, 0.3) is 0 Å². The van der Waals surface area contributed by atoms with Gasteiger partial charge in [0.05, 0.1) is 11.6 Å². The molecule has 17 heavy (non-hydrogen) atoms. The van der Waals surface area contributed by atoms with Crippen LogP contribution in [0.5, 0.6) is 5.75 Å². The minimum atomic E-state index is 0.0225. The van der Waals surface area contributed by atoms with Crippen LogP contribution in [0.1, 0.15) is 12.5 Å². The van der Waals surface area contributed by atoms with Gasteiger partial charge in [0.1, 0.15) is 12.4 Å². The number of ether oxygens (including phenoxy) is 2. The topological polar surface area (TPSA) is 44.5 Å². The van der Waals surface area contributed by atoms with E-state index in [0.29, 0.717) is 35.4 Å². The molecule has 3 nitrogen and oxygen atoms in total. The highest BCUT2D eigenvalue weighted by atomic mass is 35.5. The molecule has 0 aliphatic carbocycles. The van der Waals surface area contributed by atoms with Crippen molar-refractivity contribution in [2.45, 2.75) is 19.4 Å². The normalized spacial score (nSPS) is 12.5. The van der Waals surface area contributed by atoms with Gasteiger partial charge in [-0.2, -0.15) is 0 Å². The van der Waals surface area contributed by atoms with E-state index >= 15 is 0 Å². The van der Waals surface area contributed by atoms with Crippen molar-refractivity contribution in [2.75, 3.05) is 20.3 Å². The Kier molecular flexibility index (Phi) is 6.06. The van der Waals surface area contributed by atoms with Crippen LogP contribution in [0.2, 0.25) is 10.0 Å². The van der Waals surface area contributed by atoms with Crippen LogP contribution in [-0.4, -0.2) is 26.4 Å². The molecule has 0 amide bonds. The molecule has 0 heterocycles. The zero-order valence-corrected chi connectivity index (χ0v) is 11.5. The van der Waals surface area contributed by atoms with Crippen LogP contribution in [-0.2, 0) is 11.2 Å². The van der Waals surface area contributed by atoms with Gasteiger partial charge in [-0.1, -0.05) is 23.2 Å². The lowest BCUT2D eigenvalue weighted by Crippen LogP contribution is -2.18. The molecule has 1 aromatic rings. The molecule has 2 N–H and O–H groups in total. The van der Waals surface area contributed by atoms with Gasteiger partial charge in [-0.25, -0.2) is 0 Å². The highest BCUT2D eigenvalue weighted by Gasteiger charge is 2.12. The van der Waals surface area contributed by atoms with Crippen molar-refractivity contribution < 1.29 is 9.47 Å². The highest BCUT2D eigenvalue weighted by molar-refractivity contribution is 6.35. The summed E-state index contributed by atoms with van der Waals surface area (Å²) in [7, 11) is 1.62. The van der Waals surface area contributed by atoms with Crippen LogP contribution in [0.3, 0.4) is 0 Å². The third-order valence-corrected chi connectivity index (χ3v) is 2.66. The smallest absolute Gasteiger partial charge is 0.141 e. The third kappa shape index (κ3) is 4.72. The Morgan fingerprint density at radius 3 is 2.59 bits per heavy atom. The van der Waals surface area contributed by atoms with Gasteiger partial charge >= 0.3 is 0 Å². The monoisotopic (exact) mass is 277 g/mol. The Bertz CT molecular complexity index is 370. The summed E-state index contributed by atoms with van der Waals surface area (Å²) in [6.07, 6.45) is 0.669.